The first kappa shape index (κ1) is 23.4. The Morgan fingerprint density at radius 2 is 1.87 bits per heavy atom. The van der Waals surface area contributed by atoms with Crippen molar-refractivity contribution in [1.29, 1.82) is 0 Å². The highest BCUT2D eigenvalue weighted by molar-refractivity contribution is 7.80. The molecule has 5 nitrogen and oxygen atoms in total. The molecule has 8 heteroatoms. The second kappa shape index (κ2) is 10.8. The lowest BCUT2D eigenvalue weighted by molar-refractivity contribution is -0.118. The van der Waals surface area contributed by atoms with Gasteiger partial charge in [-0.25, -0.2) is 0 Å². The number of nitrogens with one attached hydrogen (secondary N) is 3. The van der Waals surface area contributed by atoms with Crippen molar-refractivity contribution in [3.8, 4) is 5.75 Å². The van der Waals surface area contributed by atoms with Gasteiger partial charge in [0.15, 0.2) is 10.9 Å². The maximum absolute atomic E-state index is 13.1. The molecule has 0 radical (unpaired) electrons. The highest BCUT2D eigenvalue weighted by Crippen LogP contribution is 2.38. The average molecular weight is 478 g/mol. The summed E-state index contributed by atoms with van der Waals surface area (Å²) >= 11 is 18.3. The smallest absolute Gasteiger partial charge is 0.251 e. The van der Waals surface area contributed by atoms with Crippen LogP contribution in [0.25, 0.3) is 0 Å². The van der Waals surface area contributed by atoms with Crippen LogP contribution in [0.2, 0.25) is 10.0 Å². The normalized spacial score (nSPS) is 15.9. The Bertz CT molecular complexity index is 973. The van der Waals surface area contributed by atoms with Gasteiger partial charge >= 0.3 is 0 Å². The van der Waals surface area contributed by atoms with Crippen molar-refractivity contribution in [3.05, 3.63) is 74.9 Å². The van der Waals surface area contributed by atoms with Crippen molar-refractivity contribution in [2.75, 3.05) is 6.61 Å². The van der Waals surface area contributed by atoms with E-state index in [-0.39, 0.29) is 5.91 Å². The Kier molecular flexibility index (Phi) is 8.18. The van der Waals surface area contributed by atoms with Gasteiger partial charge in [0.25, 0.3) is 5.91 Å². The molecule has 3 N–H and O–H groups in total. The van der Waals surface area contributed by atoms with Crippen LogP contribution in [0.15, 0.2) is 53.7 Å². The number of hydrogen-bond acceptors (Lipinski definition) is 3. The molecule has 0 saturated heterocycles. The molecule has 3 rings (SSSR count). The molecule has 1 atom stereocenters. The Balaban J connectivity index is 1.86. The number of rotatable bonds is 8. The van der Waals surface area contributed by atoms with Crippen molar-refractivity contribution < 1.29 is 9.53 Å². The number of hydrogen-bond donors (Lipinski definition) is 3. The first-order chi connectivity index (χ1) is 14.9. The summed E-state index contributed by atoms with van der Waals surface area (Å²) in [7, 11) is 0. The number of carbonyl (C=O) groups excluding carboxylic acids is 1. The molecule has 0 spiro atoms. The van der Waals surface area contributed by atoms with E-state index < -0.39 is 6.04 Å². The quantitative estimate of drug-likeness (QED) is 0.356. The predicted molar refractivity (Wildman–Crippen MR) is 129 cm³/mol. The molecule has 0 aromatic heterocycles. The molecule has 1 aliphatic heterocycles. The van der Waals surface area contributed by atoms with Crippen molar-refractivity contribution in [2.45, 2.75) is 39.3 Å². The number of amides is 1. The molecule has 1 heterocycles. The lowest BCUT2D eigenvalue weighted by atomic mass is 9.94. The van der Waals surface area contributed by atoms with E-state index in [0.29, 0.717) is 45.3 Å². The zero-order valence-electron chi connectivity index (χ0n) is 17.4. The van der Waals surface area contributed by atoms with Crippen LogP contribution >= 0.6 is 35.4 Å². The molecule has 0 fully saturated rings. The second-order valence-electron chi connectivity index (χ2n) is 7.25. The van der Waals surface area contributed by atoms with Crippen LogP contribution < -0.4 is 20.7 Å². The zero-order chi connectivity index (χ0) is 22.4. The summed E-state index contributed by atoms with van der Waals surface area (Å²) in [5, 5.41) is 10.4. The van der Waals surface area contributed by atoms with Crippen molar-refractivity contribution in [3.63, 3.8) is 0 Å². The standard InChI is InChI=1S/C23H25Cl2N3O2S/c1-3-4-10-30-21-17(24)11-16(12-18(21)25)20-19(14(2)27-23(31)28-20)22(29)26-13-15-8-6-5-7-9-15/h5-9,11-12,20H,3-4,10,13H2,1-2H3,(H,26,29)(H2,27,28,31). The third kappa shape index (κ3) is 5.91. The molecule has 2 aromatic carbocycles. The van der Waals surface area contributed by atoms with Gasteiger partial charge in [0, 0.05) is 12.2 Å². The maximum atomic E-state index is 13.1. The molecular formula is C23H25Cl2N3O2S. The van der Waals surface area contributed by atoms with Gasteiger partial charge in [-0.15, -0.1) is 0 Å². The van der Waals surface area contributed by atoms with Crippen LogP contribution in [0, 0.1) is 0 Å². The fourth-order valence-corrected chi connectivity index (χ4v) is 4.20. The number of benzene rings is 2. The van der Waals surface area contributed by atoms with E-state index in [9.17, 15) is 4.79 Å². The van der Waals surface area contributed by atoms with Crippen LogP contribution in [-0.4, -0.2) is 17.6 Å². The van der Waals surface area contributed by atoms with Gasteiger partial charge in [-0.3, -0.25) is 4.79 Å². The fourth-order valence-electron chi connectivity index (χ4n) is 3.32. The summed E-state index contributed by atoms with van der Waals surface area (Å²) < 4.78 is 5.74. The van der Waals surface area contributed by atoms with Gasteiger partial charge < -0.3 is 20.7 Å². The van der Waals surface area contributed by atoms with Crippen LogP contribution in [0.3, 0.4) is 0 Å². The summed E-state index contributed by atoms with van der Waals surface area (Å²) in [6.07, 6.45) is 1.92. The van der Waals surface area contributed by atoms with E-state index in [0.717, 1.165) is 24.0 Å². The molecule has 1 aliphatic rings. The lowest BCUT2D eigenvalue weighted by Gasteiger charge is -2.30. The largest absolute Gasteiger partial charge is 0.490 e. The molecule has 0 aliphatic carbocycles. The lowest BCUT2D eigenvalue weighted by Crippen LogP contribution is -2.46. The third-order valence-electron chi connectivity index (χ3n) is 4.91. The van der Waals surface area contributed by atoms with Crippen LogP contribution in [-0.2, 0) is 11.3 Å². The van der Waals surface area contributed by atoms with E-state index >= 15 is 0 Å². The molecule has 164 valence electrons. The molecule has 0 bridgehead atoms. The van der Waals surface area contributed by atoms with Gasteiger partial charge in [-0.1, -0.05) is 66.9 Å². The SMILES string of the molecule is CCCCOc1c(Cl)cc(C2NC(=S)NC(C)=C2C(=O)NCc2ccccc2)cc1Cl. The first-order valence-corrected chi connectivity index (χ1v) is 11.3. The topological polar surface area (TPSA) is 62.4 Å². The van der Waals surface area contributed by atoms with Crippen LogP contribution in [0.1, 0.15) is 43.9 Å². The van der Waals surface area contributed by atoms with Crippen LogP contribution in [0.5, 0.6) is 5.75 Å². The molecule has 2 aromatic rings. The fraction of sp³-hybridized carbons (Fsp3) is 0.304. The molecule has 31 heavy (non-hydrogen) atoms. The Morgan fingerprint density at radius 1 is 1.19 bits per heavy atom. The number of thiocarbonyl (C=S) groups is 1. The summed E-state index contributed by atoms with van der Waals surface area (Å²) in [4.78, 5) is 13.1. The Hall–Kier alpha value is -2.28. The molecule has 1 unspecified atom stereocenters. The van der Waals surface area contributed by atoms with Crippen molar-refractivity contribution >= 4 is 46.4 Å². The number of halogens is 2. The average Bonchev–Trinajstić information content (AvgIpc) is 2.74. The van der Waals surface area contributed by atoms with Gasteiger partial charge in [0.1, 0.15) is 0 Å². The third-order valence-corrected chi connectivity index (χ3v) is 5.69. The van der Waals surface area contributed by atoms with Gasteiger partial charge in [-0.2, -0.15) is 0 Å². The predicted octanol–water partition coefficient (Wildman–Crippen LogP) is 5.28. The summed E-state index contributed by atoms with van der Waals surface area (Å²) in [6, 6.07) is 12.8. The van der Waals surface area contributed by atoms with E-state index in [1.165, 1.54) is 0 Å². The number of allylic oxidation sites excluding steroid dienone is 1. The van der Waals surface area contributed by atoms with E-state index in [2.05, 4.69) is 22.9 Å². The summed E-state index contributed by atoms with van der Waals surface area (Å²) in [5.74, 6) is 0.247. The Labute approximate surface area is 198 Å². The minimum atomic E-state index is -0.496. The Morgan fingerprint density at radius 3 is 2.52 bits per heavy atom. The summed E-state index contributed by atoms with van der Waals surface area (Å²) in [6.45, 7) is 4.86. The molecular weight excluding hydrogens is 453 g/mol. The van der Waals surface area contributed by atoms with Crippen molar-refractivity contribution in [2.24, 2.45) is 0 Å². The first-order valence-electron chi connectivity index (χ1n) is 10.1. The van der Waals surface area contributed by atoms with Gasteiger partial charge in [0.2, 0.25) is 0 Å². The monoisotopic (exact) mass is 477 g/mol. The van der Waals surface area contributed by atoms with Gasteiger partial charge in [-0.05, 0) is 48.8 Å². The van der Waals surface area contributed by atoms with E-state index in [1.54, 1.807) is 12.1 Å². The minimum Gasteiger partial charge on any atom is -0.490 e. The minimum absolute atomic E-state index is 0.204. The highest BCUT2D eigenvalue weighted by atomic mass is 35.5. The van der Waals surface area contributed by atoms with E-state index in [1.807, 2.05) is 37.3 Å². The second-order valence-corrected chi connectivity index (χ2v) is 8.48. The zero-order valence-corrected chi connectivity index (χ0v) is 19.8. The maximum Gasteiger partial charge on any atom is 0.251 e. The number of carbonyl (C=O) groups is 1. The number of ether oxygens (including phenoxy) is 1. The molecule has 1 amide bonds. The number of unbranched alkanes of at least 4 members (excludes halogenated alkanes) is 1. The summed E-state index contributed by atoms with van der Waals surface area (Å²) in [5.41, 5.74) is 2.94. The van der Waals surface area contributed by atoms with Crippen molar-refractivity contribution in [1.82, 2.24) is 16.0 Å². The van der Waals surface area contributed by atoms with Gasteiger partial charge in [0.05, 0.1) is 28.3 Å². The highest BCUT2D eigenvalue weighted by Gasteiger charge is 2.30. The molecule has 0 saturated carbocycles. The van der Waals surface area contributed by atoms with E-state index in [4.69, 9.17) is 40.2 Å². The van der Waals surface area contributed by atoms with Crippen LogP contribution in [0.4, 0.5) is 0 Å².